The number of nitrogens with zero attached hydrogens (tertiary/aromatic N) is 1. The molecule has 0 atom stereocenters. The van der Waals surface area contributed by atoms with Gasteiger partial charge in [-0.1, -0.05) is 24.3 Å². The van der Waals surface area contributed by atoms with Gasteiger partial charge in [0.25, 0.3) is 0 Å². The van der Waals surface area contributed by atoms with Gasteiger partial charge in [-0.3, -0.25) is 0 Å². The molecule has 1 aromatic rings. The number of nitriles is 1. The Morgan fingerprint density at radius 2 is 1.71 bits per heavy atom. The fourth-order valence-electron chi connectivity index (χ4n) is 4.45. The highest BCUT2D eigenvalue weighted by atomic mass is 19.1. The van der Waals surface area contributed by atoms with Crippen LogP contribution in [-0.4, -0.2) is 12.7 Å². The Balaban J connectivity index is 1.33. The van der Waals surface area contributed by atoms with Gasteiger partial charge in [0.1, 0.15) is 11.9 Å². The molecule has 0 amide bonds. The zero-order chi connectivity index (χ0) is 19.8. The van der Waals surface area contributed by atoms with Crippen molar-refractivity contribution >= 4 is 0 Å². The Bertz CT molecular complexity index is 703. The quantitative estimate of drug-likeness (QED) is 0.408. The molecule has 0 N–H and O–H groups in total. The molecule has 0 unspecified atom stereocenters. The summed E-state index contributed by atoms with van der Waals surface area (Å²) in [5.74, 6) is 0.711. The van der Waals surface area contributed by atoms with Crippen molar-refractivity contribution in [3.63, 3.8) is 0 Å². The highest BCUT2D eigenvalue weighted by Crippen LogP contribution is 2.35. The second-order valence-corrected chi connectivity index (χ2v) is 8.15. The third kappa shape index (κ3) is 6.27. The third-order valence-corrected chi connectivity index (χ3v) is 6.21. The maximum Gasteiger partial charge on any atom is 0.199 e. The molecule has 4 heteroatoms. The van der Waals surface area contributed by atoms with E-state index in [1.165, 1.54) is 17.7 Å². The topological polar surface area (TPSA) is 33.0 Å². The van der Waals surface area contributed by atoms with Gasteiger partial charge < -0.3 is 4.74 Å². The lowest BCUT2D eigenvalue weighted by Crippen LogP contribution is -2.25. The van der Waals surface area contributed by atoms with Gasteiger partial charge in [-0.25, -0.2) is 4.39 Å². The fourth-order valence-corrected chi connectivity index (χ4v) is 4.45. The van der Waals surface area contributed by atoms with Crippen LogP contribution in [0.15, 0.2) is 48.3 Å². The molecule has 0 spiro atoms. The molecule has 0 aliphatic heterocycles. The number of ether oxygens (including phenoxy) is 1. The van der Waals surface area contributed by atoms with E-state index in [2.05, 4.69) is 0 Å². The van der Waals surface area contributed by atoms with Gasteiger partial charge in [0, 0.05) is 6.61 Å². The van der Waals surface area contributed by atoms with E-state index in [4.69, 9.17) is 10.00 Å². The van der Waals surface area contributed by atoms with E-state index in [9.17, 15) is 8.78 Å². The second kappa shape index (κ2) is 10.5. The van der Waals surface area contributed by atoms with E-state index in [-0.39, 0.29) is 5.82 Å². The lowest BCUT2D eigenvalue weighted by atomic mass is 9.81. The summed E-state index contributed by atoms with van der Waals surface area (Å²) in [6.45, 7) is 0.839. The molecule has 0 radical (unpaired) electrons. The van der Waals surface area contributed by atoms with E-state index in [0.29, 0.717) is 23.9 Å². The lowest BCUT2D eigenvalue weighted by molar-refractivity contribution is -0.00337. The van der Waals surface area contributed by atoms with E-state index in [1.807, 2.05) is 18.2 Å². The summed E-state index contributed by atoms with van der Waals surface area (Å²) in [7, 11) is 0. The molecule has 2 fully saturated rings. The smallest absolute Gasteiger partial charge is 0.199 e. The van der Waals surface area contributed by atoms with Crippen LogP contribution in [0.25, 0.3) is 0 Å². The maximum absolute atomic E-state index is 13.1. The Morgan fingerprint density at radius 3 is 2.36 bits per heavy atom. The van der Waals surface area contributed by atoms with Gasteiger partial charge in [0.05, 0.1) is 6.10 Å². The largest absolute Gasteiger partial charge is 0.378 e. The van der Waals surface area contributed by atoms with Crippen LogP contribution in [0.1, 0.15) is 62.8 Å². The molecule has 0 aromatic heterocycles. The van der Waals surface area contributed by atoms with Gasteiger partial charge in [-0.05, 0) is 92.9 Å². The van der Waals surface area contributed by atoms with Crippen LogP contribution in [0.5, 0.6) is 0 Å². The molecular formula is C24H29F2NO. The van der Waals surface area contributed by atoms with Crippen molar-refractivity contribution in [3.8, 4) is 6.07 Å². The molecule has 2 saturated carbocycles. The van der Waals surface area contributed by atoms with Crippen molar-refractivity contribution in [3.05, 3.63) is 59.7 Å². The van der Waals surface area contributed by atoms with Crippen LogP contribution in [0.4, 0.5) is 8.78 Å². The van der Waals surface area contributed by atoms with Gasteiger partial charge in [0.2, 0.25) is 0 Å². The predicted molar refractivity (Wildman–Crippen MR) is 107 cm³/mol. The van der Waals surface area contributed by atoms with Crippen molar-refractivity contribution in [1.29, 1.82) is 5.26 Å². The van der Waals surface area contributed by atoms with Crippen LogP contribution in [0.2, 0.25) is 0 Å². The van der Waals surface area contributed by atoms with Crippen molar-refractivity contribution in [2.45, 2.75) is 63.4 Å². The van der Waals surface area contributed by atoms with Crippen molar-refractivity contribution in [2.24, 2.45) is 11.8 Å². The number of halogens is 2. The normalized spacial score (nSPS) is 29.0. The minimum Gasteiger partial charge on any atom is -0.378 e. The maximum atomic E-state index is 13.1. The molecule has 1 aromatic carbocycles. The molecule has 0 heterocycles. The standard InChI is InChI=1S/C24H29F2NO/c25-22-12-8-20(9-13-22)21-10-14-24(15-11-21)28-17-19-6-4-18(5-7-19)2-1-3-23(26)16-27/h1-3,8-9,12-13,18-19,21,24H,4-7,10-11,14-15,17H2. The highest BCUT2D eigenvalue weighted by Gasteiger charge is 2.25. The number of benzene rings is 1. The molecule has 0 saturated heterocycles. The van der Waals surface area contributed by atoms with E-state index in [1.54, 1.807) is 18.2 Å². The van der Waals surface area contributed by atoms with E-state index >= 15 is 0 Å². The predicted octanol–water partition coefficient (Wildman–Crippen LogP) is 6.61. The van der Waals surface area contributed by atoms with Crippen LogP contribution < -0.4 is 0 Å². The minimum atomic E-state index is -0.743. The fraction of sp³-hybridized carbons (Fsp3) is 0.542. The first-order valence-electron chi connectivity index (χ1n) is 10.4. The summed E-state index contributed by atoms with van der Waals surface area (Å²) in [6, 6.07) is 8.42. The summed E-state index contributed by atoms with van der Waals surface area (Å²) in [5, 5.41) is 8.40. The lowest BCUT2D eigenvalue weighted by Gasteiger charge is -2.32. The first kappa shape index (κ1) is 20.7. The average molecular weight is 385 g/mol. The summed E-state index contributed by atoms with van der Waals surface area (Å²) in [4.78, 5) is 0. The number of allylic oxidation sites excluding steroid dienone is 4. The van der Waals surface area contributed by atoms with Crippen LogP contribution in [-0.2, 0) is 4.74 Å². The van der Waals surface area contributed by atoms with Crippen LogP contribution in [0.3, 0.4) is 0 Å². The van der Waals surface area contributed by atoms with Crippen molar-refractivity contribution in [1.82, 2.24) is 0 Å². The Labute approximate surface area is 166 Å². The second-order valence-electron chi connectivity index (χ2n) is 8.15. The monoisotopic (exact) mass is 385 g/mol. The zero-order valence-corrected chi connectivity index (χ0v) is 16.3. The van der Waals surface area contributed by atoms with E-state index in [0.717, 1.165) is 58.0 Å². The van der Waals surface area contributed by atoms with Gasteiger partial charge in [-0.15, -0.1) is 0 Å². The minimum absolute atomic E-state index is 0.170. The van der Waals surface area contributed by atoms with Gasteiger partial charge >= 0.3 is 0 Å². The molecule has 28 heavy (non-hydrogen) atoms. The molecule has 150 valence electrons. The van der Waals surface area contributed by atoms with Crippen molar-refractivity contribution in [2.75, 3.05) is 6.61 Å². The third-order valence-electron chi connectivity index (χ3n) is 6.21. The Morgan fingerprint density at radius 1 is 1.04 bits per heavy atom. The summed E-state index contributed by atoms with van der Waals surface area (Å²) in [6.07, 6.45) is 14.1. The SMILES string of the molecule is N#CC(F)=CC=CC1CCC(COC2CCC(c3ccc(F)cc3)CC2)CC1. The summed E-state index contributed by atoms with van der Waals surface area (Å²) in [5.41, 5.74) is 1.25. The molecule has 2 aliphatic carbocycles. The molecule has 3 rings (SSSR count). The zero-order valence-electron chi connectivity index (χ0n) is 16.3. The van der Waals surface area contributed by atoms with E-state index < -0.39 is 5.83 Å². The Kier molecular flexibility index (Phi) is 7.80. The van der Waals surface area contributed by atoms with Gasteiger partial charge in [-0.2, -0.15) is 9.65 Å². The summed E-state index contributed by atoms with van der Waals surface area (Å²) < 4.78 is 32.1. The molecule has 2 aliphatic rings. The summed E-state index contributed by atoms with van der Waals surface area (Å²) >= 11 is 0. The molecule has 0 bridgehead atoms. The first-order valence-corrected chi connectivity index (χ1v) is 10.4. The number of hydrogen-bond acceptors (Lipinski definition) is 2. The highest BCUT2D eigenvalue weighted by molar-refractivity contribution is 5.21. The van der Waals surface area contributed by atoms with Crippen LogP contribution >= 0.6 is 0 Å². The van der Waals surface area contributed by atoms with Gasteiger partial charge in [0.15, 0.2) is 5.83 Å². The number of hydrogen-bond donors (Lipinski definition) is 0. The Hall–Kier alpha value is -1.99. The average Bonchev–Trinajstić information content (AvgIpc) is 2.74. The van der Waals surface area contributed by atoms with Crippen molar-refractivity contribution < 1.29 is 13.5 Å². The first-order chi connectivity index (χ1) is 13.6. The number of rotatable bonds is 6. The molecule has 2 nitrogen and oxygen atoms in total. The molecular weight excluding hydrogens is 356 g/mol. The van der Waals surface area contributed by atoms with Crippen LogP contribution in [0, 0.1) is 29.0 Å².